The van der Waals surface area contributed by atoms with Crippen molar-refractivity contribution in [3.63, 3.8) is 0 Å². The zero-order chi connectivity index (χ0) is 15.3. The van der Waals surface area contributed by atoms with E-state index in [0.717, 1.165) is 0 Å². The number of carboxylic acid groups (broad SMARTS) is 1. The highest BCUT2D eigenvalue weighted by atomic mass is 16.4. The largest absolute Gasteiger partial charge is 0.480 e. The topological polar surface area (TPSA) is 86.7 Å². The standard InChI is InChI=1S/C14H24N2O4/c1-9(2)8-12(14(19)20)15-13(18)11-4-6-16(7-5-11)10(3)17/h9,11-12H,4-8H2,1-3H3,(H,15,18)(H,19,20)/t12-/m1/s1. The summed E-state index contributed by atoms with van der Waals surface area (Å²) in [6.45, 7) is 6.50. The van der Waals surface area contributed by atoms with E-state index in [-0.39, 0.29) is 23.7 Å². The van der Waals surface area contributed by atoms with Gasteiger partial charge in [-0.3, -0.25) is 9.59 Å². The smallest absolute Gasteiger partial charge is 0.326 e. The Bertz CT molecular complexity index is 373. The lowest BCUT2D eigenvalue weighted by atomic mass is 9.95. The third-order valence-electron chi connectivity index (χ3n) is 3.63. The lowest BCUT2D eigenvalue weighted by Gasteiger charge is -2.31. The number of rotatable bonds is 5. The Kier molecular flexibility index (Phi) is 5.98. The Hall–Kier alpha value is -1.59. The van der Waals surface area contributed by atoms with Crippen molar-refractivity contribution >= 4 is 17.8 Å². The first-order valence-electron chi connectivity index (χ1n) is 7.10. The second kappa shape index (κ2) is 7.26. The Balaban J connectivity index is 2.50. The number of amides is 2. The molecule has 0 bridgehead atoms. The summed E-state index contributed by atoms with van der Waals surface area (Å²) in [5.41, 5.74) is 0. The number of aliphatic carboxylic acids is 1. The van der Waals surface area contributed by atoms with Crippen molar-refractivity contribution in [2.45, 2.75) is 46.1 Å². The molecule has 0 saturated carbocycles. The number of nitrogens with one attached hydrogen (secondary N) is 1. The van der Waals surface area contributed by atoms with Crippen molar-refractivity contribution in [2.75, 3.05) is 13.1 Å². The van der Waals surface area contributed by atoms with Crippen molar-refractivity contribution in [3.05, 3.63) is 0 Å². The zero-order valence-electron chi connectivity index (χ0n) is 12.4. The van der Waals surface area contributed by atoms with E-state index in [1.165, 1.54) is 6.92 Å². The lowest BCUT2D eigenvalue weighted by Crippen LogP contribution is -2.47. The minimum atomic E-state index is -0.992. The summed E-state index contributed by atoms with van der Waals surface area (Å²) < 4.78 is 0. The predicted molar refractivity (Wildman–Crippen MR) is 74.0 cm³/mol. The third-order valence-corrected chi connectivity index (χ3v) is 3.63. The number of carbonyl (C=O) groups is 3. The van der Waals surface area contributed by atoms with E-state index in [2.05, 4.69) is 5.32 Å². The molecule has 0 unspecified atom stereocenters. The SMILES string of the molecule is CC(=O)N1CCC(C(=O)N[C@H](CC(C)C)C(=O)O)CC1. The summed E-state index contributed by atoms with van der Waals surface area (Å²) >= 11 is 0. The number of likely N-dealkylation sites (tertiary alicyclic amines) is 1. The van der Waals surface area contributed by atoms with Gasteiger partial charge in [-0.05, 0) is 25.2 Å². The molecular weight excluding hydrogens is 260 g/mol. The molecule has 1 atom stereocenters. The number of piperidine rings is 1. The van der Waals surface area contributed by atoms with Crippen molar-refractivity contribution in [2.24, 2.45) is 11.8 Å². The average Bonchev–Trinajstić information content (AvgIpc) is 2.37. The summed E-state index contributed by atoms with van der Waals surface area (Å²) in [4.78, 5) is 36.1. The molecule has 0 radical (unpaired) electrons. The van der Waals surface area contributed by atoms with Crippen molar-refractivity contribution in [3.8, 4) is 0 Å². The monoisotopic (exact) mass is 284 g/mol. The predicted octanol–water partition coefficient (Wildman–Crippen LogP) is 0.860. The second-order valence-electron chi connectivity index (χ2n) is 5.81. The molecular formula is C14H24N2O4. The Morgan fingerprint density at radius 2 is 1.80 bits per heavy atom. The molecule has 0 spiro atoms. The first-order chi connectivity index (χ1) is 9.31. The summed E-state index contributed by atoms with van der Waals surface area (Å²) in [5, 5.41) is 11.7. The van der Waals surface area contributed by atoms with Gasteiger partial charge in [-0.25, -0.2) is 4.79 Å². The molecule has 2 N–H and O–H groups in total. The number of carboxylic acids is 1. The molecule has 1 heterocycles. The highest BCUT2D eigenvalue weighted by molar-refractivity contribution is 5.85. The first kappa shape index (κ1) is 16.5. The second-order valence-corrected chi connectivity index (χ2v) is 5.81. The van der Waals surface area contributed by atoms with Crippen LogP contribution in [0.2, 0.25) is 0 Å². The summed E-state index contributed by atoms with van der Waals surface area (Å²) in [6.07, 6.45) is 1.62. The maximum Gasteiger partial charge on any atom is 0.326 e. The summed E-state index contributed by atoms with van der Waals surface area (Å²) in [7, 11) is 0. The fraction of sp³-hybridized carbons (Fsp3) is 0.786. The third kappa shape index (κ3) is 4.83. The van der Waals surface area contributed by atoms with Gasteiger partial charge >= 0.3 is 5.97 Å². The van der Waals surface area contributed by atoms with Crippen LogP contribution in [0.4, 0.5) is 0 Å². The number of hydrogen-bond donors (Lipinski definition) is 2. The van der Waals surface area contributed by atoms with Crippen LogP contribution in [0.1, 0.15) is 40.0 Å². The summed E-state index contributed by atoms with van der Waals surface area (Å²) in [5.74, 6) is -1.17. The van der Waals surface area contributed by atoms with E-state index in [4.69, 9.17) is 5.11 Å². The number of hydrogen-bond acceptors (Lipinski definition) is 3. The normalized spacial score (nSPS) is 17.9. The van der Waals surface area contributed by atoms with E-state index < -0.39 is 12.0 Å². The highest BCUT2D eigenvalue weighted by Crippen LogP contribution is 2.18. The van der Waals surface area contributed by atoms with Crippen molar-refractivity contribution in [1.29, 1.82) is 0 Å². The van der Waals surface area contributed by atoms with Gasteiger partial charge in [-0.1, -0.05) is 13.8 Å². The maximum atomic E-state index is 12.1. The van der Waals surface area contributed by atoms with Gasteiger partial charge in [0.1, 0.15) is 6.04 Å². The molecule has 0 aliphatic carbocycles. The molecule has 1 rings (SSSR count). The molecule has 1 aliphatic rings. The van der Waals surface area contributed by atoms with Crippen LogP contribution < -0.4 is 5.32 Å². The van der Waals surface area contributed by atoms with Gasteiger partial charge in [0.2, 0.25) is 11.8 Å². The van der Waals surface area contributed by atoms with Crippen LogP contribution in [0.25, 0.3) is 0 Å². The van der Waals surface area contributed by atoms with Crippen LogP contribution in [0.3, 0.4) is 0 Å². The van der Waals surface area contributed by atoms with E-state index in [1.54, 1.807) is 4.90 Å². The number of nitrogens with zero attached hydrogens (tertiary/aromatic N) is 1. The number of carbonyl (C=O) groups excluding carboxylic acids is 2. The Labute approximate surface area is 119 Å². The molecule has 114 valence electrons. The highest BCUT2D eigenvalue weighted by Gasteiger charge is 2.29. The van der Waals surface area contributed by atoms with E-state index in [0.29, 0.717) is 32.4 Å². The van der Waals surface area contributed by atoms with Crippen LogP contribution in [0, 0.1) is 11.8 Å². The fourth-order valence-corrected chi connectivity index (χ4v) is 2.44. The van der Waals surface area contributed by atoms with Crippen LogP contribution in [0.15, 0.2) is 0 Å². The molecule has 1 fully saturated rings. The van der Waals surface area contributed by atoms with Gasteiger partial charge in [-0.2, -0.15) is 0 Å². The summed E-state index contributed by atoms with van der Waals surface area (Å²) in [6, 6.07) is -0.826. The van der Waals surface area contributed by atoms with E-state index in [9.17, 15) is 14.4 Å². The van der Waals surface area contributed by atoms with Crippen LogP contribution in [-0.2, 0) is 14.4 Å². The van der Waals surface area contributed by atoms with E-state index >= 15 is 0 Å². The van der Waals surface area contributed by atoms with Gasteiger partial charge in [-0.15, -0.1) is 0 Å². The Morgan fingerprint density at radius 3 is 2.20 bits per heavy atom. The van der Waals surface area contributed by atoms with Gasteiger partial charge in [0.15, 0.2) is 0 Å². The van der Waals surface area contributed by atoms with Crippen LogP contribution >= 0.6 is 0 Å². The average molecular weight is 284 g/mol. The van der Waals surface area contributed by atoms with E-state index in [1.807, 2.05) is 13.8 Å². The molecule has 0 aromatic rings. The zero-order valence-corrected chi connectivity index (χ0v) is 12.4. The van der Waals surface area contributed by atoms with Gasteiger partial charge in [0.25, 0.3) is 0 Å². The van der Waals surface area contributed by atoms with Gasteiger partial charge in [0, 0.05) is 25.9 Å². The molecule has 20 heavy (non-hydrogen) atoms. The van der Waals surface area contributed by atoms with Crippen molar-refractivity contribution < 1.29 is 19.5 Å². The Morgan fingerprint density at radius 1 is 1.25 bits per heavy atom. The minimum absolute atomic E-state index is 0.0204. The quantitative estimate of drug-likeness (QED) is 0.784. The maximum absolute atomic E-state index is 12.1. The molecule has 1 saturated heterocycles. The van der Waals surface area contributed by atoms with Gasteiger partial charge in [0.05, 0.1) is 0 Å². The molecule has 2 amide bonds. The fourth-order valence-electron chi connectivity index (χ4n) is 2.44. The molecule has 0 aromatic heterocycles. The molecule has 6 nitrogen and oxygen atoms in total. The molecule has 1 aliphatic heterocycles. The molecule has 6 heteroatoms. The minimum Gasteiger partial charge on any atom is -0.480 e. The molecule has 0 aromatic carbocycles. The lowest BCUT2D eigenvalue weighted by molar-refractivity contribution is -0.143. The van der Waals surface area contributed by atoms with Crippen LogP contribution in [0.5, 0.6) is 0 Å². The van der Waals surface area contributed by atoms with Crippen LogP contribution in [-0.4, -0.2) is 46.9 Å². The van der Waals surface area contributed by atoms with Gasteiger partial charge < -0.3 is 15.3 Å². The van der Waals surface area contributed by atoms with Crippen molar-refractivity contribution in [1.82, 2.24) is 10.2 Å². The first-order valence-corrected chi connectivity index (χ1v) is 7.10.